The number of rotatable bonds is 6. The molecule has 0 aliphatic rings. The molecule has 4 rings (SSSR count). The van der Waals surface area contributed by atoms with Gasteiger partial charge in [0.05, 0.1) is 0 Å². The van der Waals surface area contributed by atoms with E-state index >= 15 is 0 Å². The van der Waals surface area contributed by atoms with Gasteiger partial charge in [-0.15, -0.1) is 94.7 Å². The Hall–Kier alpha value is -1.90. The molecule has 4 aromatic carbocycles. The maximum Gasteiger partial charge on any atom is 0 e. The maximum atomic E-state index is 2.24. The average molecular weight is 428 g/mol. The second-order valence-corrected chi connectivity index (χ2v) is 8.00. The van der Waals surface area contributed by atoms with Gasteiger partial charge in [0.15, 0.2) is 0 Å². The van der Waals surface area contributed by atoms with Gasteiger partial charge >= 0.3 is 0 Å². The summed E-state index contributed by atoms with van der Waals surface area (Å²) in [6, 6.07) is 26.1. The molecule has 0 heterocycles. The van der Waals surface area contributed by atoms with Crippen molar-refractivity contribution in [2.75, 3.05) is 41.3 Å². The molecule has 0 aromatic heterocycles. The predicted octanol–water partition coefficient (Wildman–Crippen LogP) is 5.32. The number of hydrogen-bond acceptors (Lipinski definition) is 2. The summed E-state index contributed by atoms with van der Waals surface area (Å²) in [5.74, 6) is 0. The van der Waals surface area contributed by atoms with Crippen molar-refractivity contribution < 1.29 is 17.1 Å². The van der Waals surface area contributed by atoms with E-state index in [1.807, 2.05) is 0 Å². The van der Waals surface area contributed by atoms with Gasteiger partial charge in [0.1, 0.15) is 0 Å². The van der Waals surface area contributed by atoms with E-state index in [1.54, 1.807) is 0 Å². The minimum atomic E-state index is 0. The van der Waals surface area contributed by atoms with Crippen LogP contribution in [0.25, 0.3) is 21.5 Å². The van der Waals surface area contributed by atoms with Gasteiger partial charge in [-0.2, -0.15) is 0 Å². The molecule has 4 aromatic rings. The second kappa shape index (κ2) is 11.3. The molecule has 29 heavy (non-hydrogen) atoms. The van der Waals surface area contributed by atoms with Crippen LogP contribution >= 0.6 is 0 Å². The zero-order chi connectivity index (χ0) is 19.9. The Morgan fingerprint density at radius 1 is 0.586 bits per heavy atom. The summed E-state index contributed by atoms with van der Waals surface area (Å²) >= 11 is 0. The van der Waals surface area contributed by atoms with E-state index in [0.717, 1.165) is 25.9 Å². The quantitative estimate of drug-likeness (QED) is 0.303. The van der Waals surface area contributed by atoms with Gasteiger partial charge < -0.3 is 9.80 Å². The smallest absolute Gasteiger partial charge is 0 e. The van der Waals surface area contributed by atoms with Crippen LogP contribution in [0.5, 0.6) is 0 Å². The molecule has 0 bridgehead atoms. The number of benzene rings is 2. The van der Waals surface area contributed by atoms with Gasteiger partial charge in [0.2, 0.25) is 0 Å². The fourth-order valence-corrected chi connectivity index (χ4v) is 3.55. The first-order valence-corrected chi connectivity index (χ1v) is 10.1. The first-order valence-electron chi connectivity index (χ1n) is 10.1. The van der Waals surface area contributed by atoms with Crippen molar-refractivity contribution >= 4 is 21.5 Å². The van der Waals surface area contributed by atoms with Crippen LogP contribution in [0.15, 0.2) is 72.8 Å². The van der Waals surface area contributed by atoms with Gasteiger partial charge in [-0.25, -0.2) is 0 Å². The standard InChI is InChI=1S/2C13H16N.Fe/c2*1-14(2)10-9-12-8-7-11-5-3-4-6-13(11)12;/h2*3-8H,9-10H2,1-2H3;/q2*-1;. The largest absolute Gasteiger partial charge is 0.310 e. The van der Waals surface area contributed by atoms with Gasteiger partial charge in [0, 0.05) is 17.1 Å². The summed E-state index contributed by atoms with van der Waals surface area (Å²) in [6.07, 6.45) is 2.28. The van der Waals surface area contributed by atoms with Crippen LogP contribution < -0.4 is 0 Å². The third-order valence-electron chi connectivity index (χ3n) is 5.20. The molecule has 0 saturated carbocycles. The van der Waals surface area contributed by atoms with Crippen molar-refractivity contribution in [1.29, 1.82) is 0 Å². The molecule has 0 atom stereocenters. The number of fused-ring (bicyclic) bond motifs is 2. The number of hydrogen-bond donors (Lipinski definition) is 0. The van der Waals surface area contributed by atoms with Crippen molar-refractivity contribution in [2.24, 2.45) is 0 Å². The van der Waals surface area contributed by atoms with Crippen molar-refractivity contribution in [3.05, 3.63) is 83.9 Å². The van der Waals surface area contributed by atoms with Crippen LogP contribution in [0.1, 0.15) is 11.1 Å². The van der Waals surface area contributed by atoms with Gasteiger partial charge in [0.25, 0.3) is 0 Å². The molecule has 2 nitrogen and oxygen atoms in total. The van der Waals surface area contributed by atoms with E-state index in [2.05, 4.69) is 111 Å². The molecule has 0 aliphatic carbocycles. The molecule has 0 amide bonds. The number of nitrogens with zero attached hydrogens (tertiary/aromatic N) is 2. The third kappa shape index (κ3) is 6.55. The third-order valence-corrected chi connectivity index (χ3v) is 5.20. The van der Waals surface area contributed by atoms with Crippen LogP contribution in [0.2, 0.25) is 0 Å². The van der Waals surface area contributed by atoms with E-state index in [4.69, 9.17) is 0 Å². The average Bonchev–Trinajstić information content (AvgIpc) is 3.29. The Kier molecular flexibility index (Phi) is 9.13. The molecule has 156 valence electrons. The number of likely N-dealkylation sites (N-methyl/N-ethyl adjacent to an activating group) is 2. The molecule has 0 aliphatic heterocycles. The Labute approximate surface area is 186 Å². The molecule has 0 fully saturated rings. The Bertz CT molecular complexity index is 912. The van der Waals surface area contributed by atoms with E-state index in [1.165, 1.54) is 32.7 Å². The summed E-state index contributed by atoms with van der Waals surface area (Å²) < 4.78 is 0. The van der Waals surface area contributed by atoms with E-state index in [0.29, 0.717) is 0 Å². The first kappa shape index (κ1) is 23.4. The molecular weight excluding hydrogens is 396 g/mol. The minimum absolute atomic E-state index is 0. The molecule has 0 spiro atoms. The monoisotopic (exact) mass is 428 g/mol. The summed E-state index contributed by atoms with van der Waals surface area (Å²) in [5.41, 5.74) is 2.93. The van der Waals surface area contributed by atoms with Crippen molar-refractivity contribution in [3.63, 3.8) is 0 Å². The summed E-state index contributed by atoms with van der Waals surface area (Å²) in [6.45, 7) is 2.24. The molecular formula is C26H32FeN2-2. The van der Waals surface area contributed by atoms with E-state index in [-0.39, 0.29) is 17.1 Å². The topological polar surface area (TPSA) is 6.48 Å². The fourth-order valence-electron chi connectivity index (χ4n) is 3.55. The van der Waals surface area contributed by atoms with Crippen molar-refractivity contribution in [2.45, 2.75) is 12.8 Å². The zero-order valence-corrected chi connectivity index (χ0v) is 19.1. The molecule has 0 N–H and O–H groups in total. The normalized spacial score (nSPS) is 11.0. The van der Waals surface area contributed by atoms with Crippen LogP contribution in [-0.2, 0) is 29.9 Å². The van der Waals surface area contributed by atoms with Gasteiger partial charge in [-0.3, -0.25) is 0 Å². The molecule has 3 heteroatoms. The molecule has 0 radical (unpaired) electrons. The van der Waals surface area contributed by atoms with Gasteiger partial charge in [-0.1, -0.05) is 10.8 Å². The second-order valence-electron chi connectivity index (χ2n) is 8.00. The summed E-state index contributed by atoms with van der Waals surface area (Å²) in [7, 11) is 8.46. The van der Waals surface area contributed by atoms with Crippen molar-refractivity contribution in [3.8, 4) is 0 Å². The van der Waals surface area contributed by atoms with E-state index in [9.17, 15) is 0 Å². The zero-order valence-electron chi connectivity index (χ0n) is 18.0. The van der Waals surface area contributed by atoms with Crippen LogP contribution in [0, 0.1) is 0 Å². The Morgan fingerprint density at radius 2 is 1.00 bits per heavy atom. The Morgan fingerprint density at radius 3 is 1.38 bits per heavy atom. The van der Waals surface area contributed by atoms with Gasteiger partial charge in [-0.05, 0) is 54.1 Å². The molecule has 0 unspecified atom stereocenters. The predicted molar refractivity (Wildman–Crippen MR) is 124 cm³/mol. The SMILES string of the molecule is CN(C)CCc1cc[c-]2ccccc12.CN(C)CCc1cc[c-]2ccccc12.[Fe]. The van der Waals surface area contributed by atoms with Crippen molar-refractivity contribution in [1.82, 2.24) is 9.80 Å². The Balaban J connectivity index is 0.000000200. The summed E-state index contributed by atoms with van der Waals surface area (Å²) in [4.78, 5) is 4.45. The van der Waals surface area contributed by atoms with E-state index < -0.39 is 0 Å². The minimum Gasteiger partial charge on any atom is -0.310 e. The molecule has 0 saturated heterocycles. The van der Waals surface area contributed by atoms with Crippen LogP contribution in [0.3, 0.4) is 0 Å². The van der Waals surface area contributed by atoms with Crippen LogP contribution in [-0.4, -0.2) is 51.1 Å². The first-order chi connectivity index (χ1) is 13.5. The van der Waals surface area contributed by atoms with Crippen LogP contribution in [0.4, 0.5) is 0 Å². The maximum absolute atomic E-state index is 2.24. The fraction of sp³-hybridized carbons (Fsp3) is 0.308. The summed E-state index contributed by atoms with van der Waals surface area (Å²) in [5, 5.41) is 5.55.